The van der Waals surface area contributed by atoms with Crippen LogP contribution in [0.4, 0.5) is 0 Å². The average molecular weight is 371 g/mol. The third-order valence-electron chi connectivity index (χ3n) is 7.08. The van der Waals surface area contributed by atoms with Crippen LogP contribution < -0.4 is 5.32 Å². The summed E-state index contributed by atoms with van der Waals surface area (Å²) in [5.74, 6) is 0.228. The summed E-state index contributed by atoms with van der Waals surface area (Å²) in [6, 6.07) is 11.5. The summed E-state index contributed by atoms with van der Waals surface area (Å²) < 4.78 is 0. The summed E-state index contributed by atoms with van der Waals surface area (Å²) in [5.41, 5.74) is 1.60. The average Bonchev–Trinajstić information content (AvgIpc) is 2.88. The number of amides is 1. The first-order valence-electron chi connectivity index (χ1n) is 10.6. The van der Waals surface area contributed by atoms with Gasteiger partial charge in [-0.25, -0.2) is 0 Å². The van der Waals surface area contributed by atoms with Gasteiger partial charge in [0.25, 0.3) is 0 Å². The van der Waals surface area contributed by atoms with Gasteiger partial charge in [0.1, 0.15) is 0 Å². The molecule has 5 nitrogen and oxygen atoms in total. The molecule has 0 aromatic heterocycles. The van der Waals surface area contributed by atoms with Crippen LogP contribution in [0, 0.1) is 0 Å². The summed E-state index contributed by atoms with van der Waals surface area (Å²) in [4.78, 5) is 19.7. The quantitative estimate of drug-likeness (QED) is 0.883. The highest BCUT2D eigenvalue weighted by Crippen LogP contribution is 2.32. The Hall–Kier alpha value is -1.43. The lowest BCUT2D eigenvalue weighted by atomic mass is 9.85. The highest BCUT2D eigenvalue weighted by atomic mass is 16.1. The Morgan fingerprint density at radius 2 is 1.85 bits per heavy atom. The number of likely N-dealkylation sites (N-methyl/N-ethyl adjacent to an activating group) is 1. The number of nitrogens with zero attached hydrogens (tertiary/aromatic N) is 3. The second-order valence-corrected chi connectivity index (χ2v) is 8.71. The summed E-state index contributed by atoms with van der Waals surface area (Å²) in [6.45, 7) is 7.71. The molecule has 0 radical (unpaired) electrons. The fourth-order valence-electron chi connectivity index (χ4n) is 5.22. The van der Waals surface area contributed by atoms with Crippen molar-refractivity contribution in [2.75, 3.05) is 46.3 Å². The molecule has 0 bridgehead atoms. The fraction of sp³-hybridized carbons (Fsp3) is 0.682. The van der Waals surface area contributed by atoms with Gasteiger partial charge in [0, 0.05) is 50.7 Å². The van der Waals surface area contributed by atoms with Crippen LogP contribution in [-0.2, 0) is 11.3 Å². The lowest BCUT2D eigenvalue weighted by molar-refractivity contribution is -0.121. The molecule has 148 valence electrons. The van der Waals surface area contributed by atoms with Crippen molar-refractivity contribution in [2.45, 2.75) is 50.2 Å². The van der Waals surface area contributed by atoms with Gasteiger partial charge < -0.3 is 5.32 Å². The van der Waals surface area contributed by atoms with Crippen molar-refractivity contribution < 1.29 is 4.79 Å². The molecule has 3 fully saturated rings. The topological polar surface area (TPSA) is 38.8 Å². The largest absolute Gasteiger partial charge is 0.356 e. The lowest BCUT2D eigenvalue weighted by Crippen LogP contribution is -2.63. The van der Waals surface area contributed by atoms with Gasteiger partial charge in [-0.1, -0.05) is 30.3 Å². The fourth-order valence-corrected chi connectivity index (χ4v) is 5.22. The third kappa shape index (κ3) is 4.36. The number of piperazine rings is 1. The van der Waals surface area contributed by atoms with Crippen molar-refractivity contribution in [3.8, 4) is 0 Å². The van der Waals surface area contributed by atoms with Crippen LogP contribution in [0.2, 0.25) is 0 Å². The molecule has 1 amide bonds. The van der Waals surface area contributed by atoms with Crippen molar-refractivity contribution >= 4 is 5.91 Å². The van der Waals surface area contributed by atoms with Gasteiger partial charge >= 0.3 is 0 Å². The first-order valence-corrected chi connectivity index (χ1v) is 10.6. The van der Waals surface area contributed by atoms with Crippen LogP contribution in [0.15, 0.2) is 30.3 Å². The van der Waals surface area contributed by atoms with Crippen LogP contribution in [-0.4, -0.2) is 78.5 Å². The number of hydrogen-bond acceptors (Lipinski definition) is 4. The number of rotatable bonds is 3. The molecule has 1 atom stereocenters. The molecule has 0 saturated carbocycles. The van der Waals surface area contributed by atoms with E-state index in [1.165, 1.54) is 38.0 Å². The molecular formula is C22H34N4O. The second-order valence-electron chi connectivity index (χ2n) is 8.71. The predicted molar refractivity (Wildman–Crippen MR) is 109 cm³/mol. The Labute approximate surface area is 163 Å². The van der Waals surface area contributed by atoms with E-state index in [0.29, 0.717) is 12.5 Å². The first-order chi connectivity index (χ1) is 13.1. The predicted octanol–water partition coefficient (Wildman–Crippen LogP) is 1.94. The zero-order valence-corrected chi connectivity index (χ0v) is 16.7. The van der Waals surface area contributed by atoms with Gasteiger partial charge in [0.15, 0.2) is 0 Å². The molecular weight excluding hydrogens is 336 g/mol. The summed E-state index contributed by atoms with van der Waals surface area (Å²) in [5, 5.41) is 3.07. The molecule has 1 unspecified atom stereocenters. The third-order valence-corrected chi connectivity index (χ3v) is 7.08. The van der Waals surface area contributed by atoms with E-state index in [9.17, 15) is 4.79 Å². The Morgan fingerprint density at radius 3 is 2.63 bits per heavy atom. The zero-order valence-electron chi connectivity index (χ0n) is 16.7. The minimum absolute atomic E-state index is 0.179. The van der Waals surface area contributed by atoms with Gasteiger partial charge in [-0.05, 0) is 51.4 Å². The minimum atomic E-state index is 0.179. The second kappa shape index (κ2) is 8.29. The molecule has 3 aliphatic rings. The standard InChI is InChI=1S/C22H34N4O/c1-24-15-16-26(18-22(24)10-7-21(27)23-12-11-22)20-8-13-25(14-9-20)17-19-5-3-2-4-6-19/h2-6,20H,7-18H2,1H3,(H,23,27). The molecule has 3 saturated heterocycles. The molecule has 3 aliphatic heterocycles. The van der Waals surface area contributed by atoms with E-state index in [1.54, 1.807) is 0 Å². The smallest absolute Gasteiger partial charge is 0.220 e. The van der Waals surface area contributed by atoms with E-state index in [4.69, 9.17) is 0 Å². The molecule has 3 heterocycles. The number of piperidine rings is 1. The van der Waals surface area contributed by atoms with Crippen molar-refractivity contribution in [3.63, 3.8) is 0 Å². The van der Waals surface area contributed by atoms with Gasteiger partial charge in [-0.2, -0.15) is 0 Å². The Balaban J connectivity index is 1.33. The van der Waals surface area contributed by atoms with Crippen molar-refractivity contribution in [2.24, 2.45) is 0 Å². The van der Waals surface area contributed by atoms with Crippen molar-refractivity contribution in [1.82, 2.24) is 20.0 Å². The van der Waals surface area contributed by atoms with Crippen LogP contribution in [0.5, 0.6) is 0 Å². The van der Waals surface area contributed by atoms with E-state index in [1.807, 2.05) is 0 Å². The number of nitrogens with one attached hydrogen (secondary N) is 1. The lowest BCUT2D eigenvalue weighted by Gasteiger charge is -2.52. The Morgan fingerprint density at radius 1 is 1.07 bits per heavy atom. The van der Waals surface area contributed by atoms with Crippen molar-refractivity contribution in [1.29, 1.82) is 0 Å². The Bertz CT molecular complexity index is 628. The van der Waals surface area contributed by atoms with Crippen LogP contribution in [0.25, 0.3) is 0 Å². The number of benzene rings is 1. The van der Waals surface area contributed by atoms with Gasteiger partial charge in [0.05, 0.1) is 0 Å². The Kier molecular flexibility index (Phi) is 5.81. The van der Waals surface area contributed by atoms with E-state index in [-0.39, 0.29) is 11.4 Å². The van der Waals surface area contributed by atoms with Gasteiger partial charge in [-0.15, -0.1) is 0 Å². The molecule has 27 heavy (non-hydrogen) atoms. The normalized spacial score (nSPS) is 29.6. The number of carbonyl (C=O) groups is 1. The number of hydrogen-bond donors (Lipinski definition) is 1. The van der Waals surface area contributed by atoms with Crippen LogP contribution >= 0.6 is 0 Å². The molecule has 1 N–H and O–H groups in total. The molecule has 1 aromatic carbocycles. The zero-order chi connectivity index (χ0) is 18.7. The number of likely N-dealkylation sites (tertiary alicyclic amines) is 1. The highest BCUT2D eigenvalue weighted by Gasteiger charge is 2.42. The minimum Gasteiger partial charge on any atom is -0.356 e. The van der Waals surface area contributed by atoms with Crippen molar-refractivity contribution in [3.05, 3.63) is 35.9 Å². The molecule has 4 rings (SSSR count). The SMILES string of the molecule is CN1CCN(C2CCN(Cc3ccccc3)CC2)CC12CCNC(=O)CC2. The van der Waals surface area contributed by atoms with Crippen LogP contribution in [0.3, 0.4) is 0 Å². The number of carbonyl (C=O) groups excluding carboxylic acids is 1. The van der Waals surface area contributed by atoms with E-state index < -0.39 is 0 Å². The molecule has 1 aromatic rings. The van der Waals surface area contributed by atoms with E-state index >= 15 is 0 Å². The molecule has 1 spiro atoms. The summed E-state index contributed by atoms with van der Waals surface area (Å²) in [7, 11) is 2.26. The monoisotopic (exact) mass is 370 g/mol. The molecule has 5 heteroatoms. The maximum atomic E-state index is 11.8. The highest BCUT2D eigenvalue weighted by molar-refractivity contribution is 5.76. The van der Waals surface area contributed by atoms with Gasteiger partial charge in [-0.3, -0.25) is 19.5 Å². The summed E-state index contributed by atoms with van der Waals surface area (Å²) >= 11 is 0. The van der Waals surface area contributed by atoms with Gasteiger partial charge in [0.2, 0.25) is 5.91 Å². The van der Waals surface area contributed by atoms with E-state index in [0.717, 1.165) is 39.0 Å². The maximum absolute atomic E-state index is 11.8. The van der Waals surface area contributed by atoms with Crippen LogP contribution in [0.1, 0.15) is 37.7 Å². The van der Waals surface area contributed by atoms with E-state index in [2.05, 4.69) is 57.4 Å². The molecule has 0 aliphatic carbocycles. The summed E-state index contributed by atoms with van der Waals surface area (Å²) in [6.07, 6.45) is 5.29. The maximum Gasteiger partial charge on any atom is 0.220 e. The first kappa shape index (κ1) is 18.9.